The first-order valence-electron chi connectivity index (χ1n) is 10.0. The lowest BCUT2D eigenvalue weighted by Gasteiger charge is -2.31. The number of benzene rings is 1. The van der Waals surface area contributed by atoms with Gasteiger partial charge in [-0.3, -0.25) is 14.2 Å². The quantitative estimate of drug-likeness (QED) is 0.832. The van der Waals surface area contributed by atoms with Gasteiger partial charge in [0.15, 0.2) is 0 Å². The zero-order chi connectivity index (χ0) is 20.1. The molecule has 1 fully saturated rings. The van der Waals surface area contributed by atoms with Gasteiger partial charge in [0.25, 0.3) is 5.56 Å². The number of aromatic nitrogens is 2. The highest BCUT2D eigenvalue weighted by molar-refractivity contribution is 5.77. The lowest BCUT2D eigenvalue weighted by Crippen LogP contribution is -2.42. The molecular formula is C22H29N3O3. The summed E-state index contributed by atoms with van der Waals surface area (Å²) in [4.78, 5) is 32.6. The number of amides is 1. The van der Waals surface area contributed by atoms with Crippen LogP contribution < -0.4 is 5.56 Å². The number of hydrogen-bond donors (Lipinski definition) is 1. The maximum atomic E-state index is 13.1. The number of nitrogens with zero attached hydrogens (tertiary/aromatic N) is 3. The molecule has 1 heterocycles. The summed E-state index contributed by atoms with van der Waals surface area (Å²) < 4.78 is 1.47. The van der Waals surface area contributed by atoms with E-state index in [0.717, 1.165) is 31.2 Å². The van der Waals surface area contributed by atoms with Gasteiger partial charge in [-0.25, -0.2) is 4.98 Å². The third kappa shape index (κ3) is 4.33. The van der Waals surface area contributed by atoms with Crippen molar-refractivity contribution >= 4 is 5.91 Å². The zero-order valence-corrected chi connectivity index (χ0v) is 16.7. The van der Waals surface area contributed by atoms with Gasteiger partial charge in [0.05, 0.1) is 0 Å². The van der Waals surface area contributed by atoms with Gasteiger partial charge in [-0.15, -0.1) is 0 Å². The normalized spacial score (nSPS) is 14.8. The van der Waals surface area contributed by atoms with Gasteiger partial charge < -0.3 is 10.0 Å². The minimum Gasteiger partial charge on any atom is -0.396 e. The molecule has 0 atom stereocenters. The van der Waals surface area contributed by atoms with E-state index >= 15 is 0 Å². The predicted molar refractivity (Wildman–Crippen MR) is 109 cm³/mol. The van der Waals surface area contributed by atoms with Crippen molar-refractivity contribution < 1.29 is 9.90 Å². The highest BCUT2D eigenvalue weighted by Gasteiger charge is 2.24. The molecule has 1 amide bonds. The van der Waals surface area contributed by atoms with E-state index in [1.165, 1.54) is 11.0 Å². The fourth-order valence-electron chi connectivity index (χ4n) is 3.97. The first-order valence-corrected chi connectivity index (χ1v) is 10.0. The molecule has 0 radical (unpaired) electrons. The van der Waals surface area contributed by atoms with Crippen molar-refractivity contribution in [1.82, 2.24) is 14.5 Å². The van der Waals surface area contributed by atoms with Crippen LogP contribution in [0.15, 0.2) is 35.1 Å². The average Bonchev–Trinajstić information content (AvgIpc) is 2.73. The molecule has 1 N–H and O–H groups in total. The Bertz CT molecular complexity index is 871. The molecule has 0 saturated heterocycles. The van der Waals surface area contributed by atoms with E-state index in [9.17, 15) is 14.7 Å². The Kier molecular flexibility index (Phi) is 6.62. The summed E-state index contributed by atoms with van der Waals surface area (Å²) >= 11 is 0. The van der Waals surface area contributed by atoms with Gasteiger partial charge in [-0.2, -0.15) is 0 Å². The third-order valence-electron chi connectivity index (χ3n) is 5.67. The molecule has 0 aliphatic heterocycles. The van der Waals surface area contributed by atoms with Gasteiger partial charge in [0, 0.05) is 42.9 Å². The molecule has 28 heavy (non-hydrogen) atoms. The number of likely N-dealkylation sites (N-methyl/N-ethyl adjacent to an activating group) is 1. The minimum absolute atomic E-state index is 0.0399. The van der Waals surface area contributed by atoms with Gasteiger partial charge in [0.1, 0.15) is 12.4 Å². The monoisotopic (exact) mass is 383 g/mol. The molecule has 150 valence electrons. The summed E-state index contributed by atoms with van der Waals surface area (Å²) in [6, 6.07) is 9.70. The van der Waals surface area contributed by atoms with Crippen LogP contribution in [-0.4, -0.2) is 45.2 Å². The van der Waals surface area contributed by atoms with Crippen LogP contribution in [0.2, 0.25) is 0 Å². The summed E-state index contributed by atoms with van der Waals surface area (Å²) in [7, 11) is 1.84. The van der Waals surface area contributed by atoms with Crippen molar-refractivity contribution in [3.8, 4) is 11.4 Å². The van der Waals surface area contributed by atoms with E-state index in [1.54, 1.807) is 11.8 Å². The molecule has 3 rings (SSSR count). The Balaban J connectivity index is 1.98. The molecule has 6 heteroatoms. The molecule has 0 unspecified atom stereocenters. The first kappa shape index (κ1) is 20.3. The van der Waals surface area contributed by atoms with Crippen molar-refractivity contribution in [3.05, 3.63) is 51.9 Å². The van der Waals surface area contributed by atoms with E-state index in [2.05, 4.69) is 4.98 Å². The van der Waals surface area contributed by atoms with Crippen LogP contribution in [0.5, 0.6) is 0 Å². The van der Waals surface area contributed by atoms with Crippen molar-refractivity contribution in [2.24, 2.45) is 0 Å². The fraction of sp³-hybridized carbons (Fsp3) is 0.500. The smallest absolute Gasteiger partial charge is 0.257 e. The number of aliphatic hydroxyl groups excluding tert-OH is 1. The summed E-state index contributed by atoms with van der Waals surface area (Å²) in [5, 5.41) is 9.34. The van der Waals surface area contributed by atoms with E-state index in [1.807, 2.05) is 37.4 Å². The summed E-state index contributed by atoms with van der Waals surface area (Å²) in [6.45, 7) is 1.61. The molecule has 6 nitrogen and oxygen atoms in total. The van der Waals surface area contributed by atoms with Gasteiger partial charge in [-0.05, 0) is 19.8 Å². The number of carbonyl (C=O) groups excluding carboxylic acids is 1. The lowest BCUT2D eigenvalue weighted by molar-refractivity contribution is -0.133. The Morgan fingerprint density at radius 1 is 1.21 bits per heavy atom. The van der Waals surface area contributed by atoms with Gasteiger partial charge >= 0.3 is 0 Å². The molecule has 1 saturated carbocycles. The molecular weight excluding hydrogens is 354 g/mol. The van der Waals surface area contributed by atoms with E-state index in [-0.39, 0.29) is 37.1 Å². The summed E-state index contributed by atoms with van der Waals surface area (Å²) in [5.41, 5.74) is 1.62. The number of rotatable bonds is 6. The van der Waals surface area contributed by atoms with E-state index in [4.69, 9.17) is 0 Å². The maximum absolute atomic E-state index is 13.1. The largest absolute Gasteiger partial charge is 0.396 e. The molecule has 2 aromatic rings. The Labute approximate surface area is 165 Å². The van der Waals surface area contributed by atoms with Crippen LogP contribution in [0, 0.1) is 6.92 Å². The van der Waals surface area contributed by atoms with Gasteiger partial charge in [0.2, 0.25) is 5.91 Å². The van der Waals surface area contributed by atoms with Crippen LogP contribution in [0.25, 0.3) is 11.4 Å². The minimum atomic E-state index is -0.245. The maximum Gasteiger partial charge on any atom is 0.257 e. The first-order chi connectivity index (χ1) is 13.5. The molecule has 1 aliphatic rings. The number of carbonyl (C=O) groups is 1. The highest BCUT2D eigenvalue weighted by Crippen LogP contribution is 2.22. The van der Waals surface area contributed by atoms with Crippen molar-refractivity contribution in [2.45, 2.75) is 58.0 Å². The predicted octanol–water partition coefficient (Wildman–Crippen LogP) is 2.54. The van der Waals surface area contributed by atoms with Crippen LogP contribution in [0.1, 0.15) is 43.4 Å². The second kappa shape index (κ2) is 9.15. The average molecular weight is 383 g/mol. The summed E-state index contributed by atoms with van der Waals surface area (Å²) in [5.74, 6) is 0.418. The molecule has 1 aliphatic carbocycles. The zero-order valence-electron chi connectivity index (χ0n) is 16.7. The van der Waals surface area contributed by atoms with Crippen LogP contribution in [0.4, 0.5) is 0 Å². The van der Waals surface area contributed by atoms with E-state index < -0.39 is 0 Å². The second-order valence-corrected chi connectivity index (χ2v) is 7.53. The topological polar surface area (TPSA) is 75.4 Å². The lowest BCUT2D eigenvalue weighted by atomic mass is 9.94. The third-order valence-corrected chi connectivity index (χ3v) is 5.67. The van der Waals surface area contributed by atoms with Crippen molar-refractivity contribution in [1.29, 1.82) is 0 Å². The second-order valence-electron chi connectivity index (χ2n) is 7.53. The molecule has 0 bridgehead atoms. The molecule has 1 aromatic heterocycles. The summed E-state index contributed by atoms with van der Waals surface area (Å²) in [6.07, 6.45) is 5.78. The van der Waals surface area contributed by atoms with Gasteiger partial charge in [-0.1, -0.05) is 49.6 Å². The molecule has 0 spiro atoms. The Hall–Kier alpha value is -2.47. The van der Waals surface area contributed by atoms with Crippen LogP contribution in [0.3, 0.4) is 0 Å². The Morgan fingerprint density at radius 2 is 1.89 bits per heavy atom. The standard InChI is InChI=1S/C22H29N3O3/c1-16-19(13-14-26)22(28)25(21(23-16)17-9-5-3-6-10-17)15-20(27)24(2)18-11-7-4-8-12-18/h3,5-6,9-10,18,26H,4,7-8,11-15H2,1-2H3. The fourth-order valence-corrected chi connectivity index (χ4v) is 3.97. The van der Waals surface area contributed by atoms with Crippen LogP contribution in [-0.2, 0) is 17.8 Å². The van der Waals surface area contributed by atoms with Crippen molar-refractivity contribution in [2.75, 3.05) is 13.7 Å². The van der Waals surface area contributed by atoms with Crippen LogP contribution >= 0.6 is 0 Å². The number of hydrogen-bond acceptors (Lipinski definition) is 4. The number of aryl methyl sites for hydroxylation is 1. The highest BCUT2D eigenvalue weighted by atomic mass is 16.3. The SMILES string of the molecule is Cc1nc(-c2ccccc2)n(CC(=O)N(C)C2CCCCC2)c(=O)c1CCO. The number of aliphatic hydroxyl groups is 1. The Morgan fingerprint density at radius 3 is 2.54 bits per heavy atom. The molecule has 1 aromatic carbocycles. The van der Waals surface area contributed by atoms with Crippen molar-refractivity contribution in [3.63, 3.8) is 0 Å². The van der Waals surface area contributed by atoms with E-state index in [0.29, 0.717) is 17.1 Å².